The average Bonchev–Trinajstić information content (AvgIpc) is 3.41. The fourth-order valence-electron chi connectivity index (χ4n) is 5.11. The van der Waals surface area contributed by atoms with Crippen molar-refractivity contribution in [3.63, 3.8) is 0 Å². The second-order valence-electron chi connectivity index (χ2n) is 8.98. The van der Waals surface area contributed by atoms with E-state index >= 15 is 0 Å². The summed E-state index contributed by atoms with van der Waals surface area (Å²) in [7, 11) is 1.54. The van der Waals surface area contributed by atoms with E-state index in [-0.39, 0.29) is 18.4 Å². The standard InChI is InChI=1S/C23H25F3N6O2/c1-14-9-19(30-29-14)21(34)31-7-5-22(6-8-31)13-32(12-18(22)20(33)28-2)16-4-3-15(11-27)17(10-16)23(24,25)26/h3-4,9-10,18H,5-8,12-13H2,1-2H3,(H,28,33)(H,29,30). The van der Waals surface area contributed by atoms with Crippen molar-refractivity contribution in [1.29, 1.82) is 5.26 Å². The van der Waals surface area contributed by atoms with E-state index in [0.29, 0.717) is 43.9 Å². The molecule has 0 bridgehead atoms. The van der Waals surface area contributed by atoms with Crippen molar-refractivity contribution in [2.45, 2.75) is 25.9 Å². The van der Waals surface area contributed by atoms with E-state index in [0.717, 1.165) is 11.8 Å². The molecule has 0 aliphatic carbocycles. The molecule has 1 unspecified atom stereocenters. The smallest absolute Gasteiger partial charge is 0.370 e. The lowest BCUT2D eigenvalue weighted by atomic mass is 9.70. The molecule has 11 heteroatoms. The van der Waals surface area contributed by atoms with E-state index in [1.165, 1.54) is 12.1 Å². The SMILES string of the molecule is CNC(=O)C1CN(c2ccc(C#N)c(C(F)(F)F)c2)CC12CCN(C(=O)c1cc(C)[nH]n1)CC2. The zero-order chi connectivity index (χ0) is 24.7. The molecule has 2 aromatic rings. The highest BCUT2D eigenvalue weighted by Crippen LogP contribution is 2.47. The number of nitrogens with one attached hydrogen (secondary N) is 2. The highest BCUT2D eigenvalue weighted by molar-refractivity contribution is 5.92. The maximum atomic E-state index is 13.5. The zero-order valence-corrected chi connectivity index (χ0v) is 18.9. The zero-order valence-electron chi connectivity index (χ0n) is 18.9. The van der Waals surface area contributed by atoms with E-state index in [1.807, 2.05) is 6.92 Å². The summed E-state index contributed by atoms with van der Waals surface area (Å²) in [6, 6.07) is 6.92. The second-order valence-corrected chi connectivity index (χ2v) is 8.98. The maximum Gasteiger partial charge on any atom is 0.417 e. The number of halogens is 3. The number of aryl methyl sites for hydroxylation is 1. The predicted molar refractivity (Wildman–Crippen MR) is 117 cm³/mol. The van der Waals surface area contributed by atoms with Crippen LogP contribution in [0.1, 0.15) is 40.2 Å². The number of carbonyl (C=O) groups is 2. The van der Waals surface area contributed by atoms with Gasteiger partial charge in [-0.05, 0) is 44.0 Å². The van der Waals surface area contributed by atoms with Crippen molar-refractivity contribution in [1.82, 2.24) is 20.4 Å². The average molecular weight is 474 g/mol. The number of rotatable bonds is 3. The van der Waals surface area contributed by atoms with Crippen LogP contribution >= 0.6 is 0 Å². The van der Waals surface area contributed by atoms with Gasteiger partial charge in [0.15, 0.2) is 0 Å². The van der Waals surface area contributed by atoms with Crippen molar-refractivity contribution in [3.05, 3.63) is 46.8 Å². The van der Waals surface area contributed by atoms with E-state index in [9.17, 15) is 22.8 Å². The van der Waals surface area contributed by atoms with Gasteiger partial charge in [0, 0.05) is 50.0 Å². The first-order chi connectivity index (χ1) is 16.1. The number of piperidine rings is 1. The minimum Gasteiger partial charge on any atom is -0.370 e. The third-order valence-corrected chi connectivity index (χ3v) is 6.98. The second kappa shape index (κ2) is 8.66. The van der Waals surface area contributed by atoms with E-state index in [2.05, 4.69) is 15.5 Å². The molecule has 0 saturated carbocycles. The maximum absolute atomic E-state index is 13.5. The number of aromatic amines is 1. The lowest BCUT2D eigenvalue weighted by molar-refractivity contribution is -0.137. The van der Waals surface area contributed by atoms with Crippen LogP contribution in [0.3, 0.4) is 0 Å². The monoisotopic (exact) mass is 474 g/mol. The molecule has 0 radical (unpaired) electrons. The lowest BCUT2D eigenvalue weighted by Gasteiger charge is -2.41. The van der Waals surface area contributed by atoms with Gasteiger partial charge in [-0.2, -0.15) is 23.5 Å². The summed E-state index contributed by atoms with van der Waals surface area (Å²) in [6.07, 6.45) is -3.58. The number of hydrogen-bond acceptors (Lipinski definition) is 5. The summed E-state index contributed by atoms with van der Waals surface area (Å²) in [5.41, 5.74) is -0.467. The number of nitrogens with zero attached hydrogens (tertiary/aromatic N) is 4. The van der Waals surface area contributed by atoms with Gasteiger partial charge in [0.25, 0.3) is 5.91 Å². The minimum atomic E-state index is -4.66. The first-order valence-electron chi connectivity index (χ1n) is 11.0. The van der Waals surface area contributed by atoms with Crippen LogP contribution in [-0.4, -0.2) is 60.1 Å². The van der Waals surface area contributed by atoms with Crippen LogP contribution in [0, 0.1) is 29.6 Å². The fourth-order valence-corrected chi connectivity index (χ4v) is 5.11. The predicted octanol–water partition coefficient (Wildman–Crippen LogP) is 2.71. The van der Waals surface area contributed by atoms with Crippen LogP contribution < -0.4 is 10.2 Å². The van der Waals surface area contributed by atoms with Gasteiger partial charge in [-0.3, -0.25) is 14.7 Å². The van der Waals surface area contributed by atoms with Gasteiger partial charge in [0.1, 0.15) is 5.69 Å². The minimum absolute atomic E-state index is 0.171. The van der Waals surface area contributed by atoms with Crippen LogP contribution in [-0.2, 0) is 11.0 Å². The number of H-pyrrole nitrogens is 1. The van der Waals surface area contributed by atoms with Crippen molar-refractivity contribution in [2.75, 3.05) is 38.1 Å². The molecule has 2 N–H and O–H groups in total. The first kappa shape index (κ1) is 23.6. The first-order valence-corrected chi connectivity index (χ1v) is 11.0. The van der Waals surface area contributed by atoms with E-state index in [1.54, 1.807) is 29.0 Å². The molecule has 180 valence electrons. The van der Waals surface area contributed by atoms with Crippen molar-refractivity contribution in [2.24, 2.45) is 11.3 Å². The van der Waals surface area contributed by atoms with Crippen LogP contribution in [0.2, 0.25) is 0 Å². The molecule has 1 aromatic carbocycles. The largest absolute Gasteiger partial charge is 0.417 e. The molecule has 2 amide bonds. The Hall–Kier alpha value is -3.55. The fraction of sp³-hybridized carbons (Fsp3) is 0.478. The molecule has 34 heavy (non-hydrogen) atoms. The Balaban J connectivity index is 1.57. The van der Waals surface area contributed by atoms with Gasteiger partial charge >= 0.3 is 6.18 Å². The summed E-state index contributed by atoms with van der Waals surface area (Å²) in [5.74, 6) is -0.797. The summed E-state index contributed by atoms with van der Waals surface area (Å²) in [5, 5.41) is 18.5. The van der Waals surface area contributed by atoms with Gasteiger partial charge in [0.2, 0.25) is 5.91 Å². The van der Waals surface area contributed by atoms with E-state index < -0.39 is 28.6 Å². The Labute approximate surface area is 194 Å². The molecule has 2 aliphatic rings. The third-order valence-electron chi connectivity index (χ3n) is 6.98. The van der Waals surface area contributed by atoms with Crippen LogP contribution in [0.25, 0.3) is 0 Å². The van der Waals surface area contributed by atoms with E-state index in [4.69, 9.17) is 5.26 Å². The molecule has 2 fully saturated rings. The lowest BCUT2D eigenvalue weighted by Crippen LogP contribution is -2.49. The topological polar surface area (TPSA) is 105 Å². The number of nitriles is 1. The number of hydrogen-bond donors (Lipinski definition) is 2. The summed E-state index contributed by atoms with van der Waals surface area (Å²) < 4.78 is 40.5. The molecule has 4 rings (SSSR count). The van der Waals surface area contributed by atoms with Crippen LogP contribution in [0.5, 0.6) is 0 Å². The van der Waals surface area contributed by atoms with Gasteiger partial charge in [-0.15, -0.1) is 0 Å². The third kappa shape index (κ3) is 4.20. The van der Waals surface area contributed by atoms with Crippen LogP contribution in [0.15, 0.2) is 24.3 Å². The highest BCUT2D eigenvalue weighted by Gasteiger charge is 2.51. The number of aromatic nitrogens is 2. The number of amides is 2. The van der Waals surface area contributed by atoms with Gasteiger partial charge in [-0.1, -0.05) is 0 Å². The number of benzene rings is 1. The van der Waals surface area contributed by atoms with Gasteiger partial charge in [0.05, 0.1) is 23.1 Å². The number of alkyl halides is 3. The Morgan fingerprint density at radius 3 is 2.53 bits per heavy atom. The van der Waals surface area contributed by atoms with Gasteiger partial charge < -0.3 is 15.1 Å². The van der Waals surface area contributed by atoms with Crippen molar-refractivity contribution in [3.8, 4) is 6.07 Å². The normalized spacial score (nSPS) is 19.8. The molecule has 2 aliphatic heterocycles. The van der Waals surface area contributed by atoms with Crippen molar-refractivity contribution >= 4 is 17.5 Å². The number of anilines is 1. The molecule has 2 saturated heterocycles. The summed E-state index contributed by atoms with van der Waals surface area (Å²) in [6.45, 7) is 3.30. The Kier molecular flexibility index (Phi) is 6.02. The van der Waals surface area contributed by atoms with Crippen molar-refractivity contribution < 1.29 is 22.8 Å². The summed E-state index contributed by atoms with van der Waals surface area (Å²) in [4.78, 5) is 29.0. The molecule has 1 spiro atoms. The number of carbonyl (C=O) groups excluding carboxylic acids is 2. The molecular formula is C23H25F3N6O2. The molecule has 1 aromatic heterocycles. The molecule has 1 atom stereocenters. The number of likely N-dealkylation sites (tertiary alicyclic amines) is 1. The highest BCUT2D eigenvalue weighted by atomic mass is 19.4. The quantitative estimate of drug-likeness (QED) is 0.712. The van der Waals surface area contributed by atoms with Crippen LogP contribution in [0.4, 0.5) is 18.9 Å². The molecule has 3 heterocycles. The Morgan fingerprint density at radius 2 is 1.97 bits per heavy atom. The van der Waals surface area contributed by atoms with Gasteiger partial charge in [-0.25, -0.2) is 0 Å². The summed E-state index contributed by atoms with van der Waals surface area (Å²) >= 11 is 0. The Morgan fingerprint density at radius 1 is 1.26 bits per heavy atom. The molecular weight excluding hydrogens is 449 g/mol. The molecule has 8 nitrogen and oxygen atoms in total. The Bertz CT molecular complexity index is 1140.